The van der Waals surface area contributed by atoms with Gasteiger partial charge in [0, 0.05) is 18.0 Å². The van der Waals surface area contributed by atoms with E-state index in [2.05, 4.69) is 5.10 Å². The Kier molecular flexibility index (Phi) is 3.01. The van der Waals surface area contributed by atoms with Gasteiger partial charge in [0.15, 0.2) is 0 Å². The minimum Gasteiger partial charge on any atom is -0.267 e. The molecule has 0 saturated carbocycles. The first-order chi connectivity index (χ1) is 9.88. The third-order valence-electron chi connectivity index (χ3n) is 3.57. The summed E-state index contributed by atoms with van der Waals surface area (Å²) >= 11 is 0. The lowest BCUT2D eigenvalue weighted by atomic mass is 10.0. The molecule has 5 heteroatoms. The molecule has 2 nitrogen and oxygen atoms in total. The molecule has 3 rings (SSSR count). The zero-order valence-electron chi connectivity index (χ0n) is 11.6. The van der Waals surface area contributed by atoms with Crippen LogP contribution in [0.25, 0.3) is 22.2 Å². The van der Waals surface area contributed by atoms with Gasteiger partial charge in [0.2, 0.25) is 0 Å². The molecule has 21 heavy (non-hydrogen) atoms. The molecule has 0 aliphatic rings. The van der Waals surface area contributed by atoms with E-state index in [0.717, 1.165) is 28.6 Å². The van der Waals surface area contributed by atoms with Crippen LogP contribution in [-0.4, -0.2) is 9.78 Å². The second kappa shape index (κ2) is 4.62. The molecule has 1 aromatic heterocycles. The van der Waals surface area contributed by atoms with E-state index in [-0.39, 0.29) is 0 Å². The van der Waals surface area contributed by atoms with E-state index in [4.69, 9.17) is 0 Å². The van der Waals surface area contributed by atoms with Gasteiger partial charge in [0.1, 0.15) is 5.69 Å². The van der Waals surface area contributed by atoms with Crippen molar-refractivity contribution in [3.05, 3.63) is 53.6 Å². The summed E-state index contributed by atoms with van der Waals surface area (Å²) in [5.41, 5.74) is 2.76. The number of fused-ring (bicyclic) bond motifs is 1. The molecular formula is C16H13F3N2. The highest BCUT2D eigenvalue weighted by Crippen LogP contribution is 2.33. The Balaban J connectivity index is 2.17. The summed E-state index contributed by atoms with van der Waals surface area (Å²) in [6.45, 7) is 1.97. The average Bonchev–Trinajstić information content (AvgIpc) is 2.77. The monoisotopic (exact) mass is 290 g/mol. The molecule has 2 aromatic carbocycles. The Morgan fingerprint density at radius 2 is 1.67 bits per heavy atom. The normalized spacial score (nSPS) is 12.0. The van der Waals surface area contributed by atoms with E-state index in [0.29, 0.717) is 11.3 Å². The van der Waals surface area contributed by atoms with Crippen LogP contribution < -0.4 is 0 Å². The molecule has 0 amide bonds. The zero-order chi connectivity index (χ0) is 15.2. The van der Waals surface area contributed by atoms with Gasteiger partial charge in [0.25, 0.3) is 0 Å². The molecule has 3 aromatic rings. The standard InChI is InChI=1S/C16H13F3N2/c1-10-4-3-5-13-14(10)15(20-21(13)2)11-6-8-12(9-7-11)16(17,18)19/h3-9H,1-2H3. The first-order valence-corrected chi connectivity index (χ1v) is 6.48. The van der Waals surface area contributed by atoms with Crippen molar-refractivity contribution in [1.29, 1.82) is 0 Å². The van der Waals surface area contributed by atoms with Crippen molar-refractivity contribution in [1.82, 2.24) is 9.78 Å². The quantitative estimate of drug-likeness (QED) is 0.642. The van der Waals surface area contributed by atoms with E-state index >= 15 is 0 Å². The predicted molar refractivity (Wildman–Crippen MR) is 75.9 cm³/mol. The summed E-state index contributed by atoms with van der Waals surface area (Å²) in [6.07, 6.45) is -4.32. The van der Waals surface area contributed by atoms with Crippen LogP contribution in [0.2, 0.25) is 0 Å². The van der Waals surface area contributed by atoms with Gasteiger partial charge in [0.05, 0.1) is 11.1 Å². The van der Waals surface area contributed by atoms with Crippen molar-refractivity contribution < 1.29 is 13.2 Å². The Hall–Kier alpha value is -2.30. The first-order valence-electron chi connectivity index (χ1n) is 6.48. The smallest absolute Gasteiger partial charge is 0.267 e. The molecule has 108 valence electrons. The number of aryl methyl sites for hydroxylation is 2. The third kappa shape index (κ3) is 2.28. The summed E-state index contributed by atoms with van der Waals surface area (Å²) in [5, 5.41) is 5.42. The topological polar surface area (TPSA) is 17.8 Å². The number of rotatable bonds is 1. The van der Waals surface area contributed by atoms with Gasteiger partial charge in [-0.05, 0) is 30.7 Å². The minimum atomic E-state index is -4.32. The van der Waals surface area contributed by atoms with Crippen LogP contribution in [0.5, 0.6) is 0 Å². The highest BCUT2D eigenvalue weighted by molar-refractivity contribution is 5.95. The molecular weight excluding hydrogens is 277 g/mol. The largest absolute Gasteiger partial charge is 0.416 e. The van der Waals surface area contributed by atoms with E-state index < -0.39 is 11.7 Å². The Morgan fingerprint density at radius 3 is 2.29 bits per heavy atom. The zero-order valence-corrected chi connectivity index (χ0v) is 11.6. The number of halogens is 3. The molecule has 0 N–H and O–H groups in total. The van der Waals surface area contributed by atoms with Crippen LogP contribution in [0.4, 0.5) is 13.2 Å². The van der Waals surface area contributed by atoms with Gasteiger partial charge in [-0.3, -0.25) is 4.68 Å². The predicted octanol–water partition coefficient (Wildman–Crippen LogP) is 4.57. The number of hydrogen-bond acceptors (Lipinski definition) is 1. The maximum absolute atomic E-state index is 12.6. The summed E-state index contributed by atoms with van der Waals surface area (Å²) in [5.74, 6) is 0. The molecule has 0 radical (unpaired) electrons. The van der Waals surface area contributed by atoms with Crippen molar-refractivity contribution >= 4 is 10.9 Å². The molecule has 0 saturated heterocycles. The van der Waals surface area contributed by atoms with Gasteiger partial charge >= 0.3 is 6.18 Å². The van der Waals surface area contributed by atoms with Gasteiger partial charge < -0.3 is 0 Å². The Bertz CT molecular complexity index is 799. The number of aromatic nitrogens is 2. The van der Waals surface area contributed by atoms with Crippen LogP contribution in [0.15, 0.2) is 42.5 Å². The SMILES string of the molecule is Cc1cccc2c1c(-c1ccc(C(F)(F)F)cc1)nn2C. The van der Waals surface area contributed by atoms with Crippen LogP contribution in [0.3, 0.4) is 0 Å². The van der Waals surface area contributed by atoms with Gasteiger partial charge in [-0.25, -0.2) is 0 Å². The molecule has 0 aliphatic carbocycles. The molecule has 0 fully saturated rings. The van der Waals surface area contributed by atoms with Gasteiger partial charge in [-0.15, -0.1) is 0 Å². The fraction of sp³-hybridized carbons (Fsp3) is 0.188. The third-order valence-corrected chi connectivity index (χ3v) is 3.57. The van der Waals surface area contributed by atoms with Crippen molar-refractivity contribution in [2.75, 3.05) is 0 Å². The second-order valence-corrected chi connectivity index (χ2v) is 5.02. The minimum absolute atomic E-state index is 0.650. The van der Waals surface area contributed by atoms with Crippen LogP contribution in [0, 0.1) is 6.92 Å². The van der Waals surface area contributed by atoms with E-state index in [1.54, 1.807) is 4.68 Å². The summed E-state index contributed by atoms with van der Waals surface area (Å²) in [4.78, 5) is 0. The van der Waals surface area contributed by atoms with Crippen molar-refractivity contribution in [3.63, 3.8) is 0 Å². The second-order valence-electron chi connectivity index (χ2n) is 5.02. The lowest BCUT2D eigenvalue weighted by Crippen LogP contribution is -2.04. The van der Waals surface area contributed by atoms with Crippen molar-refractivity contribution in [2.45, 2.75) is 13.1 Å². The summed E-state index contributed by atoms with van der Waals surface area (Å²) in [7, 11) is 1.83. The summed E-state index contributed by atoms with van der Waals surface area (Å²) in [6, 6.07) is 11.0. The van der Waals surface area contributed by atoms with Crippen molar-refractivity contribution in [2.24, 2.45) is 7.05 Å². The number of hydrogen-bond donors (Lipinski definition) is 0. The average molecular weight is 290 g/mol. The van der Waals surface area contributed by atoms with Gasteiger partial charge in [-0.1, -0.05) is 24.3 Å². The highest BCUT2D eigenvalue weighted by Gasteiger charge is 2.30. The number of benzene rings is 2. The van der Waals surface area contributed by atoms with Crippen LogP contribution in [0.1, 0.15) is 11.1 Å². The van der Waals surface area contributed by atoms with Crippen LogP contribution in [-0.2, 0) is 13.2 Å². The lowest BCUT2D eigenvalue weighted by Gasteiger charge is -2.07. The van der Waals surface area contributed by atoms with E-state index in [1.807, 2.05) is 32.2 Å². The maximum atomic E-state index is 12.6. The molecule has 0 aliphatic heterocycles. The Morgan fingerprint density at radius 1 is 1.00 bits per heavy atom. The fourth-order valence-electron chi connectivity index (χ4n) is 2.50. The van der Waals surface area contributed by atoms with Crippen molar-refractivity contribution in [3.8, 4) is 11.3 Å². The molecule has 1 heterocycles. The fourth-order valence-corrected chi connectivity index (χ4v) is 2.50. The molecule has 0 atom stereocenters. The van der Waals surface area contributed by atoms with Gasteiger partial charge in [-0.2, -0.15) is 18.3 Å². The molecule has 0 unspecified atom stereocenters. The Labute approximate surface area is 119 Å². The van der Waals surface area contributed by atoms with Crippen LogP contribution >= 0.6 is 0 Å². The highest BCUT2D eigenvalue weighted by atomic mass is 19.4. The molecule has 0 spiro atoms. The summed E-state index contributed by atoms with van der Waals surface area (Å²) < 4.78 is 39.6. The lowest BCUT2D eigenvalue weighted by molar-refractivity contribution is -0.137. The maximum Gasteiger partial charge on any atom is 0.416 e. The number of alkyl halides is 3. The first kappa shape index (κ1) is 13.7. The molecule has 0 bridgehead atoms. The number of nitrogens with zero attached hydrogens (tertiary/aromatic N) is 2. The van der Waals surface area contributed by atoms with E-state index in [9.17, 15) is 13.2 Å². The van der Waals surface area contributed by atoms with E-state index in [1.165, 1.54) is 12.1 Å².